The number of aliphatic carboxylic acids is 1. The molecule has 3 heteroatoms. The molecule has 3 nitrogen and oxygen atoms in total. The van der Waals surface area contributed by atoms with Gasteiger partial charge in [-0.2, -0.15) is 0 Å². The summed E-state index contributed by atoms with van der Waals surface area (Å²) < 4.78 is 5.63. The highest BCUT2D eigenvalue weighted by Crippen LogP contribution is 2.15. The Balaban J connectivity index is 2.72. The van der Waals surface area contributed by atoms with E-state index in [1.165, 1.54) is 0 Å². The van der Waals surface area contributed by atoms with Crippen LogP contribution >= 0.6 is 0 Å². The van der Waals surface area contributed by atoms with Crippen molar-refractivity contribution in [3.05, 3.63) is 59.9 Å². The van der Waals surface area contributed by atoms with Crippen LogP contribution in [0.15, 0.2) is 54.3 Å². The Morgan fingerprint density at radius 2 is 2.05 bits per heavy atom. The molecule has 0 fully saturated rings. The average molecular weight is 260 g/mol. The molecule has 0 aliphatic carbocycles. The number of allylic oxidation sites excluding steroid dienone is 3. The van der Waals surface area contributed by atoms with Crippen LogP contribution in [0.5, 0.6) is 0 Å². The molecular formula is C16H20O3. The molecule has 0 heterocycles. The second-order valence-electron chi connectivity index (χ2n) is 4.24. The number of benzene rings is 1. The highest BCUT2D eigenvalue weighted by atomic mass is 16.5. The van der Waals surface area contributed by atoms with E-state index in [0.717, 1.165) is 12.0 Å². The standard InChI is InChI=1S/C16H20O3/c1-3-4-6-11-15(13(2)16(17)18)19-12-14-9-7-5-8-10-14/h4-11,13H,3,12H2,1-2H3,(H,17,18)/b6-4-,15-11+. The van der Waals surface area contributed by atoms with Gasteiger partial charge in [-0.1, -0.05) is 49.4 Å². The maximum absolute atomic E-state index is 11.0. The van der Waals surface area contributed by atoms with Crippen molar-refractivity contribution in [2.24, 2.45) is 5.92 Å². The van der Waals surface area contributed by atoms with Gasteiger partial charge in [-0.3, -0.25) is 4.79 Å². The Morgan fingerprint density at radius 3 is 2.63 bits per heavy atom. The van der Waals surface area contributed by atoms with E-state index in [0.29, 0.717) is 12.4 Å². The number of carboxylic acid groups (broad SMARTS) is 1. The van der Waals surface area contributed by atoms with Gasteiger partial charge < -0.3 is 9.84 Å². The zero-order valence-electron chi connectivity index (χ0n) is 11.4. The van der Waals surface area contributed by atoms with Crippen molar-refractivity contribution < 1.29 is 14.6 Å². The molecule has 0 aliphatic rings. The molecule has 1 aromatic rings. The van der Waals surface area contributed by atoms with Crippen molar-refractivity contribution in [1.82, 2.24) is 0 Å². The fraction of sp³-hybridized carbons (Fsp3) is 0.312. The molecule has 1 aromatic carbocycles. The maximum Gasteiger partial charge on any atom is 0.313 e. The maximum atomic E-state index is 11.0. The van der Waals surface area contributed by atoms with Crippen molar-refractivity contribution in [2.75, 3.05) is 0 Å². The lowest BCUT2D eigenvalue weighted by Gasteiger charge is -2.13. The van der Waals surface area contributed by atoms with Gasteiger partial charge in [-0.25, -0.2) is 0 Å². The summed E-state index contributed by atoms with van der Waals surface area (Å²) in [5.41, 5.74) is 1.02. The Kier molecular flexibility index (Phi) is 6.44. The van der Waals surface area contributed by atoms with E-state index in [-0.39, 0.29) is 0 Å². The van der Waals surface area contributed by atoms with Crippen LogP contribution in [0.3, 0.4) is 0 Å². The number of ether oxygens (including phenoxy) is 1. The van der Waals surface area contributed by atoms with Crippen LogP contribution in [0, 0.1) is 5.92 Å². The van der Waals surface area contributed by atoms with Gasteiger partial charge in [0.1, 0.15) is 18.3 Å². The molecule has 0 spiro atoms. The van der Waals surface area contributed by atoms with Crippen LogP contribution in [-0.2, 0) is 16.1 Å². The van der Waals surface area contributed by atoms with E-state index in [4.69, 9.17) is 9.84 Å². The van der Waals surface area contributed by atoms with Crippen molar-refractivity contribution in [1.29, 1.82) is 0 Å². The van der Waals surface area contributed by atoms with Gasteiger partial charge in [-0.05, 0) is 25.0 Å². The quantitative estimate of drug-likeness (QED) is 0.599. The number of hydrogen-bond donors (Lipinski definition) is 1. The molecule has 1 atom stereocenters. The van der Waals surface area contributed by atoms with Crippen molar-refractivity contribution in [3.63, 3.8) is 0 Å². The third-order valence-electron chi connectivity index (χ3n) is 2.68. The summed E-state index contributed by atoms with van der Waals surface area (Å²) in [6, 6.07) is 9.69. The Morgan fingerprint density at radius 1 is 1.37 bits per heavy atom. The molecule has 0 saturated carbocycles. The highest BCUT2D eigenvalue weighted by Gasteiger charge is 2.17. The number of carboxylic acids is 1. The normalized spacial score (nSPS) is 13.5. The van der Waals surface area contributed by atoms with Gasteiger partial charge >= 0.3 is 5.97 Å². The lowest BCUT2D eigenvalue weighted by atomic mass is 10.1. The number of rotatable bonds is 7. The van der Waals surface area contributed by atoms with Crippen LogP contribution < -0.4 is 0 Å². The zero-order chi connectivity index (χ0) is 14.1. The van der Waals surface area contributed by atoms with Gasteiger partial charge in [-0.15, -0.1) is 0 Å². The van der Waals surface area contributed by atoms with E-state index in [1.54, 1.807) is 13.0 Å². The van der Waals surface area contributed by atoms with Crippen LogP contribution in [0.1, 0.15) is 25.8 Å². The van der Waals surface area contributed by atoms with Crippen molar-refractivity contribution >= 4 is 5.97 Å². The lowest BCUT2D eigenvalue weighted by molar-refractivity contribution is -0.141. The minimum Gasteiger partial charge on any atom is -0.492 e. The Bertz CT molecular complexity index is 446. The Labute approximate surface area is 114 Å². The summed E-state index contributed by atoms with van der Waals surface area (Å²) in [5.74, 6) is -1.06. The van der Waals surface area contributed by atoms with Gasteiger partial charge in [0.15, 0.2) is 0 Å². The monoisotopic (exact) mass is 260 g/mol. The highest BCUT2D eigenvalue weighted by molar-refractivity contribution is 5.72. The number of hydrogen-bond acceptors (Lipinski definition) is 2. The van der Waals surface area contributed by atoms with Crippen LogP contribution in [0.2, 0.25) is 0 Å². The minimum absolute atomic E-state index is 0.379. The van der Waals surface area contributed by atoms with Gasteiger partial charge in [0, 0.05) is 0 Å². The SMILES string of the molecule is CC/C=C\C=C(\OCc1ccccc1)C(C)C(=O)O. The van der Waals surface area contributed by atoms with Gasteiger partial charge in [0.2, 0.25) is 0 Å². The van der Waals surface area contributed by atoms with Crippen LogP contribution in [0.4, 0.5) is 0 Å². The summed E-state index contributed by atoms with van der Waals surface area (Å²) in [7, 11) is 0. The first-order valence-electron chi connectivity index (χ1n) is 6.41. The fourth-order valence-electron chi connectivity index (χ4n) is 1.48. The molecule has 0 aromatic heterocycles. The van der Waals surface area contributed by atoms with E-state index in [2.05, 4.69) is 0 Å². The summed E-state index contributed by atoms with van der Waals surface area (Å²) >= 11 is 0. The predicted octanol–water partition coefficient (Wildman–Crippen LogP) is 3.77. The molecule has 1 rings (SSSR count). The summed E-state index contributed by atoms with van der Waals surface area (Å²) in [6.07, 6.45) is 6.43. The molecule has 102 valence electrons. The fourth-order valence-corrected chi connectivity index (χ4v) is 1.48. The van der Waals surface area contributed by atoms with E-state index < -0.39 is 11.9 Å². The first kappa shape index (κ1) is 15.0. The number of carbonyl (C=O) groups is 1. The lowest BCUT2D eigenvalue weighted by Crippen LogP contribution is -2.14. The van der Waals surface area contributed by atoms with E-state index in [9.17, 15) is 4.79 Å². The van der Waals surface area contributed by atoms with E-state index >= 15 is 0 Å². The molecule has 0 bridgehead atoms. The first-order valence-corrected chi connectivity index (χ1v) is 6.41. The molecule has 0 amide bonds. The van der Waals surface area contributed by atoms with Crippen molar-refractivity contribution in [3.8, 4) is 0 Å². The molecule has 0 aliphatic heterocycles. The van der Waals surface area contributed by atoms with Crippen molar-refractivity contribution in [2.45, 2.75) is 26.9 Å². The molecule has 1 unspecified atom stereocenters. The van der Waals surface area contributed by atoms with Crippen LogP contribution in [-0.4, -0.2) is 11.1 Å². The smallest absolute Gasteiger partial charge is 0.313 e. The molecule has 19 heavy (non-hydrogen) atoms. The summed E-state index contributed by atoms with van der Waals surface area (Å²) in [4.78, 5) is 11.0. The van der Waals surface area contributed by atoms with Gasteiger partial charge in [0.25, 0.3) is 0 Å². The largest absolute Gasteiger partial charge is 0.492 e. The third kappa shape index (κ3) is 5.42. The second kappa shape index (κ2) is 8.14. The molecular weight excluding hydrogens is 240 g/mol. The van der Waals surface area contributed by atoms with Crippen LogP contribution in [0.25, 0.3) is 0 Å². The zero-order valence-corrected chi connectivity index (χ0v) is 11.4. The third-order valence-corrected chi connectivity index (χ3v) is 2.68. The minimum atomic E-state index is -0.885. The second-order valence-corrected chi connectivity index (χ2v) is 4.24. The summed E-state index contributed by atoms with van der Waals surface area (Å²) in [6.45, 7) is 4.03. The topological polar surface area (TPSA) is 46.5 Å². The molecule has 0 radical (unpaired) electrons. The van der Waals surface area contributed by atoms with E-state index in [1.807, 2.05) is 49.4 Å². The predicted molar refractivity (Wildman–Crippen MR) is 75.5 cm³/mol. The molecule has 1 N–H and O–H groups in total. The summed E-state index contributed by atoms with van der Waals surface area (Å²) in [5, 5.41) is 9.06. The van der Waals surface area contributed by atoms with Gasteiger partial charge in [0.05, 0.1) is 0 Å². The molecule has 0 saturated heterocycles. The average Bonchev–Trinajstić information content (AvgIpc) is 2.43. The first-order chi connectivity index (χ1) is 9.15. The Hall–Kier alpha value is -2.03.